The molecule has 2 rings (SSSR count). The largest absolute Gasteiger partial charge is 0.481 e. The number of carboxylic acids is 1. The number of carbonyl (C=O) groups excluding carboxylic acids is 1. The Morgan fingerprint density at radius 2 is 2.04 bits per heavy atom. The molecule has 1 N–H and O–H groups in total. The van der Waals surface area contributed by atoms with Crippen LogP contribution in [-0.4, -0.2) is 16.9 Å². The number of rotatable bonds is 10. The van der Waals surface area contributed by atoms with Crippen LogP contribution in [-0.2, 0) is 9.59 Å². The predicted molar refractivity (Wildman–Crippen MR) is 108 cm³/mol. The third kappa shape index (κ3) is 9.35. The SMILES string of the molecule is C/C=C\CCCC(=O)O.CCCCC1(C/C=C/C2CCC(=O)C2)CCC1. The minimum absolute atomic E-state index is 0.282. The third-order valence-corrected chi connectivity index (χ3v) is 5.71. The van der Waals surface area contributed by atoms with E-state index < -0.39 is 5.97 Å². The highest BCUT2D eigenvalue weighted by Crippen LogP contribution is 2.48. The van der Waals surface area contributed by atoms with Gasteiger partial charge in [0.15, 0.2) is 0 Å². The molecule has 2 aliphatic carbocycles. The monoisotopic (exact) mass is 362 g/mol. The van der Waals surface area contributed by atoms with Crippen LogP contribution in [0.1, 0.15) is 97.3 Å². The van der Waals surface area contributed by atoms with Crippen molar-refractivity contribution in [3.63, 3.8) is 0 Å². The zero-order chi connectivity index (χ0) is 19.3. The molecule has 0 spiro atoms. The maximum atomic E-state index is 11.2. The van der Waals surface area contributed by atoms with Gasteiger partial charge in [0.25, 0.3) is 0 Å². The molecule has 0 aliphatic heterocycles. The number of unbranched alkanes of at least 4 members (excludes halogenated alkanes) is 2. The van der Waals surface area contributed by atoms with Crippen molar-refractivity contribution >= 4 is 11.8 Å². The molecule has 2 saturated carbocycles. The van der Waals surface area contributed by atoms with Crippen LogP contribution in [0.15, 0.2) is 24.3 Å². The smallest absolute Gasteiger partial charge is 0.303 e. The van der Waals surface area contributed by atoms with E-state index in [1.165, 1.54) is 44.9 Å². The van der Waals surface area contributed by atoms with Crippen molar-refractivity contribution in [2.45, 2.75) is 97.3 Å². The molecule has 0 radical (unpaired) electrons. The molecule has 148 valence electrons. The first kappa shape index (κ1) is 22.7. The Morgan fingerprint density at radius 3 is 2.54 bits per heavy atom. The fourth-order valence-electron chi connectivity index (χ4n) is 3.84. The second-order valence-corrected chi connectivity index (χ2v) is 7.99. The van der Waals surface area contributed by atoms with Crippen LogP contribution in [0, 0.1) is 11.3 Å². The number of carbonyl (C=O) groups is 2. The second kappa shape index (κ2) is 12.9. The summed E-state index contributed by atoms with van der Waals surface area (Å²) in [6.45, 7) is 4.22. The lowest BCUT2D eigenvalue weighted by molar-refractivity contribution is -0.137. The number of hydrogen-bond acceptors (Lipinski definition) is 2. The van der Waals surface area contributed by atoms with E-state index in [0.29, 0.717) is 17.1 Å². The molecule has 0 amide bonds. The van der Waals surface area contributed by atoms with Gasteiger partial charge in [-0.2, -0.15) is 0 Å². The molecule has 1 atom stereocenters. The number of aliphatic carboxylic acids is 1. The van der Waals surface area contributed by atoms with Crippen LogP contribution < -0.4 is 0 Å². The number of hydrogen-bond donors (Lipinski definition) is 1. The highest BCUT2D eigenvalue weighted by molar-refractivity contribution is 5.80. The van der Waals surface area contributed by atoms with Crippen molar-refractivity contribution in [1.29, 1.82) is 0 Å². The summed E-state index contributed by atoms with van der Waals surface area (Å²) in [5.41, 5.74) is 0.648. The van der Waals surface area contributed by atoms with Crippen LogP contribution in [0.2, 0.25) is 0 Å². The number of allylic oxidation sites excluding steroid dienone is 4. The molecule has 2 fully saturated rings. The minimum atomic E-state index is -0.709. The van der Waals surface area contributed by atoms with E-state index in [9.17, 15) is 9.59 Å². The lowest BCUT2D eigenvalue weighted by atomic mass is 9.64. The summed E-state index contributed by atoms with van der Waals surface area (Å²) in [5, 5.41) is 8.19. The normalized spacial score (nSPS) is 21.6. The number of ketones is 1. The highest BCUT2D eigenvalue weighted by atomic mass is 16.4. The lowest BCUT2D eigenvalue weighted by Gasteiger charge is -2.41. The van der Waals surface area contributed by atoms with Gasteiger partial charge < -0.3 is 5.11 Å². The number of Topliss-reactive ketones (excluding diaryl/α,β-unsaturated/α-hetero) is 1. The molecule has 0 aromatic heterocycles. The zero-order valence-electron chi connectivity index (χ0n) is 16.8. The molecular formula is C23H38O3. The van der Waals surface area contributed by atoms with Crippen LogP contribution in [0.4, 0.5) is 0 Å². The first-order chi connectivity index (χ1) is 12.5. The first-order valence-corrected chi connectivity index (χ1v) is 10.5. The van der Waals surface area contributed by atoms with E-state index >= 15 is 0 Å². The Morgan fingerprint density at radius 1 is 1.27 bits per heavy atom. The van der Waals surface area contributed by atoms with E-state index in [1.807, 2.05) is 19.1 Å². The molecule has 3 nitrogen and oxygen atoms in total. The van der Waals surface area contributed by atoms with Crippen molar-refractivity contribution in [2.75, 3.05) is 0 Å². The molecule has 2 aliphatic rings. The highest BCUT2D eigenvalue weighted by Gasteiger charge is 2.34. The van der Waals surface area contributed by atoms with Gasteiger partial charge in [0.1, 0.15) is 5.78 Å². The zero-order valence-corrected chi connectivity index (χ0v) is 16.8. The van der Waals surface area contributed by atoms with E-state index in [2.05, 4.69) is 19.1 Å². The summed E-state index contributed by atoms with van der Waals surface area (Å²) in [4.78, 5) is 21.1. The quantitative estimate of drug-likeness (QED) is 0.357. The standard InChI is InChI=1S/C16H26O.C7H12O2/c1-2-3-9-16(11-5-12-16)10-4-6-14-7-8-15(17)13-14;1-2-3-4-5-6-7(8)9/h4,6,14H,2-3,5,7-13H2,1H3;2-3H,4-6H2,1H3,(H,8,9)/b6-4+;3-2-. The average Bonchev–Trinajstić information content (AvgIpc) is 2.99. The lowest BCUT2D eigenvalue weighted by Crippen LogP contribution is -2.28. The van der Waals surface area contributed by atoms with Crippen molar-refractivity contribution in [1.82, 2.24) is 0 Å². The molecule has 26 heavy (non-hydrogen) atoms. The summed E-state index contributed by atoms with van der Waals surface area (Å²) in [6, 6.07) is 0. The predicted octanol–water partition coefficient (Wildman–Crippen LogP) is 6.48. The van der Waals surface area contributed by atoms with E-state index in [1.54, 1.807) is 0 Å². The Balaban J connectivity index is 0.000000321. The topological polar surface area (TPSA) is 54.4 Å². The van der Waals surface area contributed by atoms with Gasteiger partial charge in [0, 0.05) is 19.3 Å². The Kier molecular flexibility index (Phi) is 11.2. The van der Waals surface area contributed by atoms with E-state index in [4.69, 9.17) is 5.11 Å². The fourth-order valence-corrected chi connectivity index (χ4v) is 3.84. The van der Waals surface area contributed by atoms with Gasteiger partial charge in [-0.25, -0.2) is 0 Å². The van der Waals surface area contributed by atoms with Crippen molar-refractivity contribution in [2.24, 2.45) is 11.3 Å². The van der Waals surface area contributed by atoms with Crippen molar-refractivity contribution < 1.29 is 14.7 Å². The molecule has 0 aromatic rings. The van der Waals surface area contributed by atoms with Crippen LogP contribution in [0.3, 0.4) is 0 Å². The molecular weight excluding hydrogens is 324 g/mol. The summed E-state index contributed by atoms with van der Waals surface area (Å²) in [7, 11) is 0. The molecule has 0 bridgehead atoms. The maximum absolute atomic E-state index is 11.2. The Bertz CT molecular complexity index is 472. The fraction of sp³-hybridized carbons (Fsp3) is 0.739. The van der Waals surface area contributed by atoms with Crippen molar-refractivity contribution in [3.8, 4) is 0 Å². The van der Waals surface area contributed by atoms with Crippen LogP contribution >= 0.6 is 0 Å². The van der Waals surface area contributed by atoms with Crippen LogP contribution in [0.25, 0.3) is 0 Å². The van der Waals surface area contributed by atoms with Crippen molar-refractivity contribution in [3.05, 3.63) is 24.3 Å². The van der Waals surface area contributed by atoms with E-state index in [-0.39, 0.29) is 6.42 Å². The third-order valence-electron chi connectivity index (χ3n) is 5.71. The average molecular weight is 363 g/mol. The van der Waals surface area contributed by atoms with Gasteiger partial charge in [0.2, 0.25) is 0 Å². The van der Waals surface area contributed by atoms with Gasteiger partial charge in [-0.05, 0) is 63.2 Å². The number of carboxylic acid groups (broad SMARTS) is 1. The molecule has 0 heterocycles. The van der Waals surface area contributed by atoms with Crippen LogP contribution in [0.5, 0.6) is 0 Å². The molecule has 0 aromatic carbocycles. The van der Waals surface area contributed by atoms with Gasteiger partial charge in [-0.1, -0.05) is 50.5 Å². The summed E-state index contributed by atoms with van der Waals surface area (Å²) in [6.07, 6.45) is 22.9. The molecule has 3 heteroatoms. The van der Waals surface area contributed by atoms with Gasteiger partial charge >= 0.3 is 5.97 Å². The summed E-state index contributed by atoms with van der Waals surface area (Å²) >= 11 is 0. The Hall–Kier alpha value is -1.38. The first-order valence-electron chi connectivity index (χ1n) is 10.5. The van der Waals surface area contributed by atoms with E-state index in [0.717, 1.165) is 32.1 Å². The minimum Gasteiger partial charge on any atom is -0.481 e. The Labute approximate surface area is 160 Å². The summed E-state index contributed by atoms with van der Waals surface area (Å²) in [5.74, 6) is 0.314. The van der Waals surface area contributed by atoms with Gasteiger partial charge in [0.05, 0.1) is 0 Å². The van der Waals surface area contributed by atoms with Gasteiger partial charge in [-0.3, -0.25) is 9.59 Å². The van der Waals surface area contributed by atoms with Gasteiger partial charge in [-0.15, -0.1) is 0 Å². The second-order valence-electron chi connectivity index (χ2n) is 7.99. The maximum Gasteiger partial charge on any atom is 0.303 e. The molecule has 0 saturated heterocycles. The molecule has 1 unspecified atom stereocenters. The summed E-state index contributed by atoms with van der Waals surface area (Å²) < 4.78 is 0.